The molecule has 1 unspecified atom stereocenters. The van der Waals surface area contributed by atoms with Crippen LogP contribution in [0.1, 0.15) is 44.3 Å². The van der Waals surface area contributed by atoms with Crippen molar-refractivity contribution in [2.24, 2.45) is 11.7 Å². The highest BCUT2D eigenvalue weighted by Gasteiger charge is 2.20. The minimum atomic E-state index is 0.271. The molecule has 0 amide bonds. The quantitative estimate of drug-likeness (QED) is 0.869. The zero-order valence-electron chi connectivity index (χ0n) is 11.6. The van der Waals surface area contributed by atoms with Gasteiger partial charge >= 0.3 is 0 Å². The number of rotatable bonds is 5. The van der Waals surface area contributed by atoms with Gasteiger partial charge in [0.25, 0.3) is 0 Å². The largest absolute Gasteiger partial charge is 0.445 e. The summed E-state index contributed by atoms with van der Waals surface area (Å²) in [5.41, 5.74) is 5.63. The van der Waals surface area contributed by atoms with Crippen molar-refractivity contribution in [1.82, 2.24) is 9.88 Å². The van der Waals surface area contributed by atoms with Gasteiger partial charge in [-0.3, -0.25) is 0 Å². The Labute approximate surface area is 110 Å². The molecule has 18 heavy (non-hydrogen) atoms. The van der Waals surface area contributed by atoms with Crippen LogP contribution in [0.15, 0.2) is 10.6 Å². The molecule has 2 heterocycles. The van der Waals surface area contributed by atoms with E-state index in [1.165, 1.54) is 32.5 Å². The number of piperidine rings is 1. The molecule has 2 rings (SSSR count). The number of hydrogen-bond acceptors (Lipinski definition) is 4. The molecule has 0 bridgehead atoms. The molecule has 1 saturated heterocycles. The van der Waals surface area contributed by atoms with E-state index in [1.807, 2.05) is 6.20 Å². The summed E-state index contributed by atoms with van der Waals surface area (Å²) in [6.45, 7) is 8.52. The minimum absolute atomic E-state index is 0.271. The molecule has 1 aliphatic rings. The molecular weight excluding hydrogens is 226 g/mol. The minimum Gasteiger partial charge on any atom is -0.445 e. The van der Waals surface area contributed by atoms with E-state index in [0.29, 0.717) is 6.54 Å². The standard InChI is InChI=1S/C14H25N3O/c1-3-17-6-4-12(5-7-17)8-14-16-10-13(18-14)11(2)9-15/h10-12H,3-9,15H2,1-2H3. The molecule has 1 aromatic heterocycles. The molecule has 2 N–H and O–H groups in total. The summed E-state index contributed by atoms with van der Waals surface area (Å²) in [6.07, 6.45) is 5.35. The van der Waals surface area contributed by atoms with E-state index in [0.717, 1.165) is 24.0 Å². The van der Waals surface area contributed by atoms with Crippen molar-refractivity contribution in [2.75, 3.05) is 26.2 Å². The summed E-state index contributed by atoms with van der Waals surface area (Å²) in [5.74, 6) is 2.82. The molecule has 0 aromatic carbocycles. The maximum atomic E-state index is 5.79. The first-order valence-corrected chi connectivity index (χ1v) is 7.10. The van der Waals surface area contributed by atoms with Crippen LogP contribution in [0.2, 0.25) is 0 Å². The average molecular weight is 251 g/mol. The number of likely N-dealkylation sites (tertiary alicyclic amines) is 1. The molecule has 0 aliphatic carbocycles. The molecular formula is C14H25N3O. The third kappa shape index (κ3) is 3.33. The van der Waals surface area contributed by atoms with Crippen molar-refractivity contribution in [3.05, 3.63) is 17.8 Å². The molecule has 0 saturated carbocycles. The Bertz CT molecular complexity index is 356. The molecule has 1 aromatic rings. The summed E-state index contributed by atoms with van der Waals surface area (Å²) in [4.78, 5) is 6.89. The lowest BCUT2D eigenvalue weighted by Crippen LogP contribution is -2.34. The zero-order chi connectivity index (χ0) is 13.0. The predicted octanol–water partition coefficient (Wildman–Crippen LogP) is 2.01. The van der Waals surface area contributed by atoms with Crippen molar-refractivity contribution >= 4 is 0 Å². The average Bonchev–Trinajstić information content (AvgIpc) is 2.87. The summed E-state index contributed by atoms with van der Waals surface area (Å²) in [5, 5.41) is 0. The summed E-state index contributed by atoms with van der Waals surface area (Å²) in [7, 11) is 0. The summed E-state index contributed by atoms with van der Waals surface area (Å²) < 4.78 is 5.79. The Hall–Kier alpha value is -0.870. The second-order valence-corrected chi connectivity index (χ2v) is 5.37. The van der Waals surface area contributed by atoms with Crippen molar-refractivity contribution < 1.29 is 4.42 Å². The van der Waals surface area contributed by atoms with E-state index < -0.39 is 0 Å². The lowest BCUT2D eigenvalue weighted by atomic mass is 9.93. The predicted molar refractivity (Wildman–Crippen MR) is 72.5 cm³/mol. The highest BCUT2D eigenvalue weighted by Crippen LogP contribution is 2.23. The van der Waals surface area contributed by atoms with Gasteiger partial charge in [-0.2, -0.15) is 0 Å². The molecule has 4 nitrogen and oxygen atoms in total. The van der Waals surface area contributed by atoms with E-state index in [2.05, 4.69) is 23.7 Å². The van der Waals surface area contributed by atoms with Crippen molar-refractivity contribution in [2.45, 2.75) is 39.0 Å². The third-order valence-electron chi connectivity index (χ3n) is 4.03. The van der Waals surface area contributed by atoms with Gasteiger partial charge < -0.3 is 15.1 Å². The first kappa shape index (κ1) is 13.6. The van der Waals surface area contributed by atoms with Crippen LogP contribution < -0.4 is 5.73 Å². The van der Waals surface area contributed by atoms with Crippen LogP contribution in [0.3, 0.4) is 0 Å². The SMILES string of the molecule is CCN1CCC(Cc2ncc(C(C)CN)o2)CC1. The van der Waals surface area contributed by atoms with E-state index in [1.54, 1.807) is 0 Å². The van der Waals surface area contributed by atoms with Crippen LogP contribution in [-0.2, 0) is 6.42 Å². The molecule has 0 spiro atoms. The lowest BCUT2D eigenvalue weighted by Gasteiger charge is -2.30. The number of hydrogen-bond donors (Lipinski definition) is 1. The van der Waals surface area contributed by atoms with E-state index in [4.69, 9.17) is 10.2 Å². The topological polar surface area (TPSA) is 55.3 Å². The molecule has 1 aliphatic heterocycles. The van der Waals surface area contributed by atoms with Crippen molar-refractivity contribution in [3.8, 4) is 0 Å². The smallest absolute Gasteiger partial charge is 0.194 e. The second kappa shape index (κ2) is 6.34. The maximum absolute atomic E-state index is 5.79. The fourth-order valence-corrected chi connectivity index (χ4v) is 2.52. The number of oxazole rings is 1. The number of nitrogens with zero attached hydrogens (tertiary/aromatic N) is 2. The van der Waals surface area contributed by atoms with Crippen LogP contribution in [0, 0.1) is 5.92 Å². The first-order chi connectivity index (χ1) is 8.72. The van der Waals surface area contributed by atoms with Gasteiger partial charge in [0.1, 0.15) is 5.76 Å². The van der Waals surface area contributed by atoms with Crippen LogP contribution in [-0.4, -0.2) is 36.1 Å². The summed E-state index contributed by atoms with van der Waals surface area (Å²) in [6, 6.07) is 0. The van der Waals surface area contributed by atoms with Gasteiger partial charge in [-0.15, -0.1) is 0 Å². The Balaban J connectivity index is 1.85. The van der Waals surface area contributed by atoms with Crippen LogP contribution in [0.4, 0.5) is 0 Å². The second-order valence-electron chi connectivity index (χ2n) is 5.37. The highest BCUT2D eigenvalue weighted by atomic mass is 16.4. The normalized spacial score (nSPS) is 20.2. The van der Waals surface area contributed by atoms with Gasteiger partial charge in [0.2, 0.25) is 0 Å². The lowest BCUT2D eigenvalue weighted by molar-refractivity contribution is 0.186. The fraction of sp³-hybridized carbons (Fsp3) is 0.786. The Morgan fingerprint density at radius 3 is 2.83 bits per heavy atom. The first-order valence-electron chi connectivity index (χ1n) is 7.10. The molecule has 1 atom stereocenters. The molecule has 0 radical (unpaired) electrons. The number of nitrogens with two attached hydrogens (primary N) is 1. The maximum Gasteiger partial charge on any atom is 0.194 e. The van der Waals surface area contributed by atoms with Gasteiger partial charge in [0, 0.05) is 18.9 Å². The van der Waals surface area contributed by atoms with Crippen LogP contribution in [0.5, 0.6) is 0 Å². The van der Waals surface area contributed by atoms with Crippen molar-refractivity contribution in [1.29, 1.82) is 0 Å². The Morgan fingerprint density at radius 2 is 2.22 bits per heavy atom. The van der Waals surface area contributed by atoms with Crippen LogP contribution >= 0.6 is 0 Å². The molecule has 1 fully saturated rings. The monoisotopic (exact) mass is 251 g/mol. The fourth-order valence-electron chi connectivity index (χ4n) is 2.52. The van der Waals surface area contributed by atoms with E-state index >= 15 is 0 Å². The van der Waals surface area contributed by atoms with Gasteiger partial charge in [-0.1, -0.05) is 13.8 Å². The van der Waals surface area contributed by atoms with Gasteiger partial charge in [-0.25, -0.2) is 4.98 Å². The zero-order valence-corrected chi connectivity index (χ0v) is 11.6. The summed E-state index contributed by atoms with van der Waals surface area (Å²) >= 11 is 0. The van der Waals surface area contributed by atoms with Crippen molar-refractivity contribution in [3.63, 3.8) is 0 Å². The van der Waals surface area contributed by atoms with Gasteiger partial charge in [-0.05, 0) is 38.4 Å². The molecule has 102 valence electrons. The van der Waals surface area contributed by atoms with Gasteiger partial charge in [0.15, 0.2) is 5.89 Å². The van der Waals surface area contributed by atoms with E-state index in [-0.39, 0.29) is 5.92 Å². The van der Waals surface area contributed by atoms with E-state index in [9.17, 15) is 0 Å². The molecule has 4 heteroatoms. The van der Waals surface area contributed by atoms with Gasteiger partial charge in [0.05, 0.1) is 6.20 Å². The van der Waals surface area contributed by atoms with Crippen LogP contribution in [0.25, 0.3) is 0 Å². The number of aromatic nitrogens is 1. The highest BCUT2D eigenvalue weighted by molar-refractivity contribution is 5.01. The Morgan fingerprint density at radius 1 is 1.50 bits per heavy atom. The third-order valence-corrected chi connectivity index (χ3v) is 4.03. The Kier molecular flexibility index (Phi) is 4.78.